The van der Waals surface area contributed by atoms with Crippen molar-refractivity contribution in [3.63, 3.8) is 0 Å². The maximum atomic E-state index is 12.6. The van der Waals surface area contributed by atoms with Crippen LogP contribution >= 0.6 is 24.0 Å². The SMILES string of the molecule is Cc1nc(CCN2CCN(C(=O)Oc3ccc(C(S)c4nccn4C)cc3)CC2)cs1. The summed E-state index contributed by atoms with van der Waals surface area (Å²) >= 11 is 6.37. The highest BCUT2D eigenvalue weighted by molar-refractivity contribution is 7.80. The monoisotopic (exact) mass is 457 g/mol. The quantitative estimate of drug-likeness (QED) is 0.574. The van der Waals surface area contributed by atoms with E-state index in [1.54, 1.807) is 22.4 Å². The van der Waals surface area contributed by atoms with Crippen molar-refractivity contribution in [2.24, 2.45) is 7.05 Å². The van der Waals surface area contributed by atoms with Crippen LogP contribution in [0.2, 0.25) is 0 Å². The summed E-state index contributed by atoms with van der Waals surface area (Å²) in [6.07, 6.45) is 4.31. The maximum absolute atomic E-state index is 12.6. The molecule has 1 fully saturated rings. The Bertz CT molecular complexity index is 1010. The molecule has 0 spiro atoms. The van der Waals surface area contributed by atoms with Crippen LogP contribution in [0.1, 0.15) is 27.3 Å². The smallest absolute Gasteiger partial charge is 0.410 e. The zero-order valence-electron chi connectivity index (χ0n) is 17.8. The second-order valence-electron chi connectivity index (χ2n) is 7.67. The molecular weight excluding hydrogens is 430 g/mol. The van der Waals surface area contributed by atoms with Crippen LogP contribution in [0, 0.1) is 6.92 Å². The lowest BCUT2D eigenvalue weighted by Crippen LogP contribution is -2.49. The van der Waals surface area contributed by atoms with Gasteiger partial charge < -0.3 is 14.2 Å². The Morgan fingerprint density at radius 3 is 2.58 bits per heavy atom. The minimum atomic E-state index is -0.297. The summed E-state index contributed by atoms with van der Waals surface area (Å²) in [4.78, 5) is 25.6. The van der Waals surface area contributed by atoms with Gasteiger partial charge >= 0.3 is 6.09 Å². The van der Waals surface area contributed by atoms with E-state index in [2.05, 4.69) is 32.9 Å². The van der Waals surface area contributed by atoms with E-state index in [9.17, 15) is 4.79 Å². The van der Waals surface area contributed by atoms with Gasteiger partial charge in [0, 0.05) is 64.0 Å². The predicted octanol–water partition coefficient (Wildman–Crippen LogP) is 3.56. The molecular formula is C22H27N5O2S2. The summed E-state index contributed by atoms with van der Waals surface area (Å²) in [5.74, 6) is 1.41. The number of aromatic nitrogens is 3. The molecule has 2 aromatic heterocycles. The lowest BCUT2D eigenvalue weighted by molar-refractivity contribution is 0.111. The predicted molar refractivity (Wildman–Crippen MR) is 125 cm³/mol. The Balaban J connectivity index is 1.24. The van der Waals surface area contributed by atoms with Crippen LogP contribution in [0.4, 0.5) is 4.79 Å². The standard InChI is InChI=1S/C22H27N5O2S2/c1-16-24-18(15-31-16)7-9-26-11-13-27(14-12-26)22(28)29-19-5-3-17(4-6-19)20(30)21-23-8-10-25(21)2/h3-6,8,10,15,20,30H,7,9,11-14H2,1-2H3. The average molecular weight is 458 g/mol. The molecule has 0 bridgehead atoms. The highest BCUT2D eigenvalue weighted by Gasteiger charge is 2.23. The molecule has 9 heteroatoms. The highest BCUT2D eigenvalue weighted by atomic mass is 32.1. The van der Waals surface area contributed by atoms with Crippen molar-refractivity contribution in [3.8, 4) is 5.75 Å². The molecule has 0 aliphatic carbocycles. The van der Waals surface area contributed by atoms with Gasteiger partial charge in [0.15, 0.2) is 0 Å². The van der Waals surface area contributed by atoms with Gasteiger partial charge in [0.1, 0.15) is 11.6 Å². The van der Waals surface area contributed by atoms with Gasteiger partial charge in [-0.3, -0.25) is 4.90 Å². The molecule has 1 unspecified atom stereocenters. The van der Waals surface area contributed by atoms with Crippen molar-refractivity contribution >= 4 is 30.1 Å². The third-order valence-electron chi connectivity index (χ3n) is 5.49. The number of thiazole rings is 1. The maximum Gasteiger partial charge on any atom is 0.415 e. The number of nitrogens with zero attached hydrogens (tertiary/aromatic N) is 5. The van der Waals surface area contributed by atoms with Crippen LogP contribution in [0.15, 0.2) is 42.0 Å². The molecule has 1 saturated heterocycles. The molecule has 0 N–H and O–H groups in total. The van der Waals surface area contributed by atoms with E-state index < -0.39 is 0 Å². The molecule has 164 valence electrons. The van der Waals surface area contributed by atoms with Gasteiger partial charge in [-0.1, -0.05) is 12.1 Å². The largest absolute Gasteiger partial charge is 0.415 e. The molecule has 1 aromatic carbocycles. The molecule has 0 radical (unpaired) electrons. The number of carbonyl (C=O) groups is 1. The lowest BCUT2D eigenvalue weighted by Gasteiger charge is -2.33. The lowest BCUT2D eigenvalue weighted by atomic mass is 10.1. The molecule has 31 heavy (non-hydrogen) atoms. The number of thiol groups is 1. The zero-order chi connectivity index (χ0) is 21.8. The summed E-state index contributed by atoms with van der Waals surface area (Å²) in [5, 5.41) is 3.10. The minimum absolute atomic E-state index is 0.133. The number of piperazine rings is 1. The van der Waals surface area contributed by atoms with Crippen molar-refractivity contribution < 1.29 is 9.53 Å². The number of benzene rings is 1. The first-order chi connectivity index (χ1) is 15.0. The van der Waals surface area contributed by atoms with Crippen LogP contribution in [0.3, 0.4) is 0 Å². The Morgan fingerprint density at radius 2 is 1.97 bits per heavy atom. The average Bonchev–Trinajstić information content (AvgIpc) is 3.40. The third kappa shape index (κ3) is 5.47. The van der Waals surface area contributed by atoms with Gasteiger partial charge in [-0.15, -0.1) is 11.3 Å². The van der Waals surface area contributed by atoms with Crippen LogP contribution in [0.25, 0.3) is 0 Å². The van der Waals surface area contributed by atoms with E-state index in [-0.39, 0.29) is 11.3 Å². The number of rotatable bonds is 6. The first-order valence-corrected chi connectivity index (χ1v) is 11.7. The molecule has 3 heterocycles. The fourth-order valence-electron chi connectivity index (χ4n) is 3.62. The second-order valence-corrected chi connectivity index (χ2v) is 9.25. The fraction of sp³-hybridized carbons (Fsp3) is 0.409. The van der Waals surface area contributed by atoms with E-state index in [1.807, 2.05) is 49.0 Å². The normalized spacial score (nSPS) is 15.8. The van der Waals surface area contributed by atoms with Crippen molar-refractivity contribution in [3.05, 3.63) is 64.1 Å². The van der Waals surface area contributed by atoms with E-state index in [0.717, 1.165) is 48.1 Å². The van der Waals surface area contributed by atoms with Gasteiger partial charge in [-0.05, 0) is 24.6 Å². The molecule has 1 aliphatic rings. The number of amides is 1. The topological polar surface area (TPSA) is 63.5 Å². The van der Waals surface area contributed by atoms with Crippen LogP contribution < -0.4 is 4.74 Å². The van der Waals surface area contributed by atoms with Gasteiger partial charge in [0.25, 0.3) is 0 Å². The Morgan fingerprint density at radius 1 is 1.23 bits per heavy atom. The van der Waals surface area contributed by atoms with E-state index in [1.165, 1.54) is 0 Å². The van der Waals surface area contributed by atoms with Crippen molar-refractivity contribution in [1.29, 1.82) is 0 Å². The number of hydrogen-bond acceptors (Lipinski definition) is 7. The van der Waals surface area contributed by atoms with Crippen LogP contribution in [0.5, 0.6) is 5.75 Å². The Labute approximate surface area is 192 Å². The number of aryl methyl sites for hydroxylation is 2. The first kappa shape index (κ1) is 21.9. The molecule has 1 aliphatic heterocycles. The van der Waals surface area contributed by atoms with Crippen LogP contribution in [-0.2, 0) is 13.5 Å². The Kier molecular flexibility index (Phi) is 6.94. The molecule has 1 amide bonds. The van der Waals surface area contributed by atoms with Gasteiger partial charge in [0.2, 0.25) is 0 Å². The number of hydrogen-bond donors (Lipinski definition) is 1. The highest BCUT2D eigenvalue weighted by Crippen LogP contribution is 2.28. The van der Waals surface area contributed by atoms with Gasteiger partial charge in [-0.2, -0.15) is 12.6 Å². The van der Waals surface area contributed by atoms with Crippen molar-refractivity contribution in [2.45, 2.75) is 18.6 Å². The van der Waals surface area contributed by atoms with Gasteiger partial charge in [0.05, 0.1) is 16.0 Å². The van der Waals surface area contributed by atoms with Crippen LogP contribution in [-0.4, -0.2) is 63.2 Å². The zero-order valence-corrected chi connectivity index (χ0v) is 19.5. The summed E-state index contributed by atoms with van der Waals surface area (Å²) in [6.45, 7) is 6.04. The third-order valence-corrected chi connectivity index (χ3v) is 6.84. The molecule has 0 saturated carbocycles. The molecule has 1 atom stereocenters. The number of imidazole rings is 1. The van der Waals surface area contributed by atoms with E-state index >= 15 is 0 Å². The number of ether oxygens (including phenoxy) is 1. The summed E-state index contributed by atoms with van der Waals surface area (Å²) in [6, 6.07) is 7.47. The van der Waals surface area contributed by atoms with Gasteiger partial charge in [-0.25, -0.2) is 14.8 Å². The number of carbonyl (C=O) groups excluding carboxylic acids is 1. The summed E-state index contributed by atoms with van der Waals surface area (Å²) in [7, 11) is 1.95. The fourth-order valence-corrected chi connectivity index (χ4v) is 4.69. The molecule has 3 aromatic rings. The summed E-state index contributed by atoms with van der Waals surface area (Å²) < 4.78 is 7.53. The second kappa shape index (κ2) is 9.84. The van der Waals surface area contributed by atoms with E-state index in [0.29, 0.717) is 18.8 Å². The first-order valence-electron chi connectivity index (χ1n) is 10.3. The molecule has 4 rings (SSSR count). The molecule has 7 nitrogen and oxygen atoms in total. The Hall–Kier alpha value is -2.36. The van der Waals surface area contributed by atoms with Crippen molar-refractivity contribution in [1.82, 2.24) is 24.3 Å². The summed E-state index contributed by atoms with van der Waals surface area (Å²) in [5.41, 5.74) is 2.15. The van der Waals surface area contributed by atoms with E-state index in [4.69, 9.17) is 4.74 Å². The minimum Gasteiger partial charge on any atom is -0.410 e. The van der Waals surface area contributed by atoms with Crippen molar-refractivity contribution in [2.75, 3.05) is 32.7 Å².